The maximum absolute atomic E-state index is 14.9. The Kier molecular flexibility index (Phi) is 5.43. The third-order valence-corrected chi connectivity index (χ3v) is 6.29. The third-order valence-electron chi connectivity index (χ3n) is 6.29. The fraction of sp³-hybridized carbons (Fsp3) is 0.435. The van der Waals surface area contributed by atoms with E-state index < -0.39 is 29.3 Å². The van der Waals surface area contributed by atoms with Crippen molar-refractivity contribution >= 4 is 0 Å². The van der Waals surface area contributed by atoms with Gasteiger partial charge in [0.15, 0.2) is 0 Å². The molecule has 0 saturated heterocycles. The van der Waals surface area contributed by atoms with Gasteiger partial charge < -0.3 is 10.6 Å². The highest BCUT2D eigenvalue weighted by Crippen LogP contribution is 2.59. The molecule has 4 rings (SSSR count). The minimum Gasteiger partial charge on any atom is -0.386 e. The third kappa shape index (κ3) is 4.00. The molecule has 31 heavy (non-hydrogen) atoms. The SMILES string of the molecule is CCC1CC(NC(C)c2cc(F)c(-c3cc(C4(C(F)(F)F)CC4)ccn3)cc2F)=CN1. The molecule has 1 aromatic carbocycles. The van der Waals surface area contributed by atoms with Crippen LogP contribution in [0.1, 0.15) is 56.7 Å². The first kappa shape index (κ1) is 21.6. The van der Waals surface area contributed by atoms with Crippen molar-refractivity contribution in [2.45, 2.75) is 63.2 Å². The Morgan fingerprint density at radius 2 is 1.94 bits per heavy atom. The predicted octanol–water partition coefficient (Wildman–Crippen LogP) is 5.88. The average molecular weight is 437 g/mol. The molecule has 0 bridgehead atoms. The number of rotatable bonds is 6. The van der Waals surface area contributed by atoms with Crippen molar-refractivity contribution in [2.75, 3.05) is 0 Å². The number of aromatic nitrogens is 1. The Labute approximate surface area is 177 Å². The van der Waals surface area contributed by atoms with Crippen LogP contribution in [0.5, 0.6) is 0 Å². The lowest BCUT2D eigenvalue weighted by molar-refractivity contribution is -0.160. The maximum Gasteiger partial charge on any atom is 0.398 e. The molecule has 0 radical (unpaired) electrons. The number of hydrogen-bond donors (Lipinski definition) is 2. The maximum atomic E-state index is 14.9. The van der Waals surface area contributed by atoms with Crippen LogP contribution in [0.2, 0.25) is 0 Å². The Balaban J connectivity index is 1.59. The smallest absolute Gasteiger partial charge is 0.386 e. The lowest BCUT2D eigenvalue weighted by atomic mass is 9.94. The molecule has 3 nitrogen and oxygen atoms in total. The Hall–Kier alpha value is -2.64. The molecular weight excluding hydrogens is 413 g/mol. The molecule has 1 aromatic heterocycles. The molecule has 2 atom stereocenters. The summed E-state index contributed by atoms with van der Waals surface area (Å²) in [7, 11) is 0. The van der Waals surface area contributed by atoms with Crippen LogP contribution in [0, 0.1) is 11.6 Å². The summed E-state index contributed by atoms with van der Waals surface area (Å²) in [6.07, 6.45) is 0.384. The van der Waals surface area contributed by atoms with Crippen LogP contribution in [0.3, 0.4) is 0 Å². The van der Waals surface area contributed by atoms with Gasteiger partial charge in [0.2, 0.25) is 0 Å². The average Bonchev–Trinajstić information content (AvgIpc) is 3.44. The lowest BCUT2D eigenvalue weighted by Gasteiger charge is -2.20. The van der Waals surface area contributed by atoms with Gasteiger partial charge in [-0.25, -0.2) is 8.78 Å². The molecule has 1 saturated carbocycles. The number of pyridine rings is 1. The summed E-state index contributed by atoms with van der Waals surface area (Å²) in [6.45, 7) is 3.80. The largest absolute Gasteiger partial charge is 0.398 e. The van der Waals surface area contributed by atoms with Gasteiger partial charge in [-0.3, -0.25) is 4.98 Å². The molecule has 2 aromatic rings. The van der Waals surface area contributed by atoms with Crippen molar-refractivity contribution in [3.63, 3.8) is 0 Å². The highest BCUT2D eigenvalue weighted by atomic mass is 19.4. The van der Waals surface area contributed by atoms with Gasteiger partial charge in [-0.2, -0.15) is 13.2 Å². The number of nitrogens with one attached hydrogen (secondary N) is 2. The fourth-order valence-electron chi connectivity index (χ4n) is 4.15. The molecule has 2 N–H and O–H groups in total. The van der Waals surface area contributed by atoms with Gasteiger partial charge in [-0.05, 0) is 56.0 Å². The van der Waals surface area contributed by atoms with Crippen LogP contribution in [-0.2, 0) is 5.41 Å². The standard InChI is InChI=1S/C23H24F5N3/c1-3-15-9-16(12-30-15)31-13(2)17-10-20(25)18(11-19(17)24)21-8-14(4-7-29-21)22(5-6-22)23(26,27)28/h4,7-8,10-13,15,30-31H,3,5-6,9H2,1-2H3. The molecule has 0 spiro atoms. The van der Waals surface area contributed by atoms with Crippen molar-refractivity contribution in [1.82, 2.24) is 15.6 Å². The van der Waals surface area contributed by atoms with Crippen molar-refractivity contribution < 1.29 is 22.0 Å². The number of nitrogens with zero attached hydrogens (tertiary/aromatic N) is 1. The van der Waals surface area contributed by atoms with Gasteiger partial charge in [0.05, 0.1) is 17.2 Å². The van der Waals surface area contributed by atoms with E-state index in [1.54, 1.807) is 6.92 Å². The quantitative estimate of drug-likeness (QED) is 0.554. The molecule has 1 aliphatic heterocycles. The van der Waals surface area contributed by atoms with E-state index in [2.05, 4.69) is 22.5 Å². The second-order valence-corrected chi connectivity index (χ2v) is 8.37. The second kappa shape index (κ2) is 7.80. The normalized spacial score (nSPS) is 20.7. The summed E-state index contributed by atoms with van der Waals surface area (Å²) in [5.74, 6) is -1.37. The van der Waals surface area contributed by atoms with E-state index in [1.807, 2.05) is 6.20 Å². The minimum absolute atomic E-state index is 0.00919. The van der Waals surface area contributed by atoms with Crippen molar-refractivity contribution in [1.29, 1.82) is 0 Å². The first-order valence-electron chi connectivity index (χ1n) is 10.4. The molecule has 1 fully saturated rings. The highest BCUT2D eigenvalue weighted by Gasteiger charge is 2.64. The van der Waals surface area contributed by atoms with Crippen LogP contribution in [0.15, 0.2) is 42.4 Å². The molecule has 166 valence electrons. The molecule has 2 heterocycles. The zero-order valence-electron chi connectivity index (χ0n) is 17.3. The van der Waals surface area contributed by atoms with Gasteiger partial charge in [0.1, 0.15) is 11.6 Å². The number of hydrogen-bond acceptors (Lipinski definition) is 3. The first-order chi connectivity index (χ1) is 14.6. The van der Waals surface area contributed by atoms with Crippen LogP contribution in [0.25, 0.3) is 11.3 Å². The van der Waals surface area contributed by atoms with Crippen LogP contribution in [-0.4, -0.2) is 17.2 Å². The lowest BCUT2D eigenvalue weighted by Crippen LogP contribution is -2.28. The van der Waals surface area contributed by atoms with Gasteiger partial charge in [0.25, 0.3) is 0 Å². The summed E-state index contributed by atoms with van der Waals surface area (Å²) < 4.78 is 70.1. The summed E-state index contributed by atoms with van der Waals surface area (Å²) in [4.78, 5) is 4.00. The zero-order chi connectivity index (χ0) is 22.4. The van der Waals surface area contributed by atoms with E-state index in [9.17, 15) is 22.0 Å². The Morgan fingerprint density at radius 1 is 1.19 bits per heavy atom. The van der Waals surface area contributed by atoms with Crippen LogP contribution >= 0.6 is 0 Å². The minimum atomic E-state index is -4.39. The molecule has 2 aliphatic rings. The molecular formula is C23H24F5N3. The van der Waals surface area contributed by atoms with Crippen molar-refractivity contribution in [3.05, 3.63) is 65.1 Å². The summed E-state index contributed by atoms with van der Waals surface area (Å²) in [5.41, 5.74) is -0.967. The summed E-state index contributed by atoms with van der Waals surface area (Å²) in [5, 5.41) is 6.41. The Bertz CT molecular complexity index is 1010. The summed E-state index contributed by atoms with van der Waals surface area (Å²) in [6, 6.07) is 4.46. The van der Waals surface area contributed by atoms with Crippen LogP contribution in [0.4, 0.5) is 22.0 Å². The van der Waals surface area contributed by atoms with E-state index in [0.717, 1.165) is 30.7 Å². The summed E-state index contributed by atoms with van der Waals surface area (Å²) >= 11 is 0. The fourth-order valence-corrected chi connectivity index (χ4v) is 4.15. The van der Waals surface area contributed by atoms with Crippen molar-refractivity contribution in [2.24, 2.45) is 0 Å². The van der Waals surface area contributed by atoms with E-state index >= 15 is 0 Å². The van der Waals surface area contributed by atoms with E-state index in [4.69, 9.17) is 0 Å². The van der Waals surface area contributed by atoms with Crippen LogP contribution < -0.4 is 10.6 Å². The number of halogens is 5. The molecule has 1 aliphatic carbocycles. The van der Waals surface area contributed by atoms with Gasteiger partial charge >= 0.3 is 6.18 Å². The second-order valence-electron chi connectivity index (χ2n) is 8.37. The van der Waals surface area contributed by atoms with Gasteiger partial charge in [0, 0.05) is 41.7 Å². The van der Waals surface area contributed by atoms with Gasteiger partial charge in [-0.1, -0.05) is 6.92 Å². The van der Waals surface area contributed by atoms with E-state index in [-0.39, 0.29) is 35.2 Å². The topological polar surface area (TPSA) is 37.0 Å². The zero-order valence-corrected chi connectivity index (χ0v) is 17.3. The number of alkyl halides is 3. The highest BCUT2D eigenvalue weighted by molar-refractivity contribution is 5.62. The van der Waals surface area contributed by atoms with E-state index in [0.29, 0.717) is 6.04 Å². The molecule has 2 unspecified atom stereocenters. The van der Waals surface area contributed by atoms with E-state index in [1.165, 1.54) is 18.3 Å². The first-order valence-corrected chi connectivity index (χ1v) is 10.4. The number of benzene rings is 1. The monoisotopic (exact) mass is 437 g/mol. The van der Waals surface area contributed by atoms with Crippen molar-refractivity contribution in [3.8, 4) is 11.3 Å². The molecule has 8 heteroatoms. The Morgan fingerprint density at radius 3 is 2.55 bits per heavy atom. The predicted molar refractivity (Wildman–Crippen MR) is 108 cm³/mol. The van der Waals surface area contributed by atoms with Gasteiger partial charge in [-0.15, -0.1) is 0 Å². The molecule has 0 amide bonds.